The van der Waals surface area contributed by atoms with Crippen LogP contribution >= 0.6 is 0 Å². The summed E-state index contributed by atoms with van der Waals surface area (Å²) in [7, 11) is 0. The lowest BCUT2D eigenvalue weighted by Gasteiger charge is -2.24. The number of nitrogens with one attached hydrogen (secondary N) is 1. The molecule has 0 heterocycles. The van der Waals surface area contributed by atoms with Crippen molar-refractivity contribution in [2.75, 3.05) is 6.54 Å². The Morgan fingerprint density at radius 1 is 1.44 bits per heavy atom. The molecule has 0 aliphatic rings. The van der Waals surface area contributed by atoms with Crippen LogP contribution in [0.4, 0.5) is 0 Å². The Balaban J connectivity index is 4.64. The molecule has 0 saturated carbocycles. The number of carbonyl (C=O) groups excluding carboxylic acids is 3. The predicted molar refractivity (Wildman–Crippen MR) is 59.4 cm³/mol. The van der Waals surface area contributed by atoms with Crippen LogP contribution in [0, 0.1) is 0 Å². The smallest absolute Gasteiger partial charge is 0.362 e. The van der Waals surface area contributed by atoms with Crippen molar-refractivity contribution in [3.63, 3.8) is 0 Å². The lowest BCUT2D eigenvalue weighted by molar-refractivity contribution is -0.269. The van der Waals surface area contributed by atoms with Gasteiger partial charge in [0.2, 0.25) is 11.6 Å². The summed E-state index contributed by atoms with van der Waals surface area (Å²) >= 11 is 0. The van der Waals surface area contributed by atoms with Gasteiger partial charge in [-0.15, -0.1) is 0 Å². The van der Waals surface area contributed by atoms with Crippen molar-refractivity contribution in [2.24, 2.45) is 5.73 Å². The zero-order chi connectivity index (χ0) is 14.2. The van der Waals surface area contributed by atoms with Gasteiger partial charge in [0.05, 0.1) is 6.54 Å². The first-order chi connectivity index (χ1) is 8.39. The number of hydrogen-bond acceptors (Lipinski definition) is 7. The molecule has 0 rings (SSSR count). The van der Waals surface area contributed by atoms with Crippen LogP contribution in [0.1, 0.15) is 19.8 Å². The minimum atomic E-state index is -2.29. The van der Waals surface area contributed by atoms with Gasteiger partial charge >= 0.3 is 11.9 Å². The third-order valence-electron chi connectivity index (χ3n) is 1.85. The minimum absolute atomic E-state index is 0.122. The highest BCUT2D eigenvalue weighted by Gasteiger charge is 2.40. The quantitative estimate of drug-likeness (QED) is 0.235. The van der Waals surface area contributed by atoms with Gasteiger partial charge in [-0.2, -0.15) is 0 Å². The average molecular weight is 260 g/mol. The van der Waals surface area contributed by atoms with Gasteiger partial charge in [-0.25, -0.2) is 19.4 Å². The van der Waals surface area contributed by atoms with Gasteiger partial charge in [0.1, 0.15) is 0 Å². The van der Waals surface area contributed by atoms with E-state index in [2.05, 4.69) is 16.4 Å². The summed E-state index contributed by atoms with van der Waals surface area (Å²) < 4.78 is 0. The van der Waals surface area contributed by atoms with Gasteiger partial charge in [-0.3, -0.25) is 4.79 Å². The molecule has 8 heteroatoms. The van der Waals surface area contributed by atoms with E-state index in [-0.39, 0.29) is 6.42 Å². The Hall–Kier alpha value is -1.93. The molecule has 18 heavy (non-hydrogen) atoms. The topological polar surface area (TPSA) is 128 Å². The van der Waals surface area contributed by atoms with Gasteiger partial charge < -0.3 is 16.2 Å². The molecular formula is C10H16N2O6. The van der Waals surface area contributed by atoms with Crippen molar-refractivity contribution in [1.82, 2.24) is 5.32 Å². The second-order valence-electron chi connectivity index (χ2n) is 3.34. The molecule has 0 aromatic rings. The van der Waals surface area contributed by atoms with Crippen molar-refractivity contribution in [1.29, 1.82) is 0 Å². The second kappa shape index (κ2) is 7.41. The van der Waals surface area contributed by atoms with Crippen molar-refractivity contribution >= 4 is 17.8 Å². The van der Waals surface area contributed by atoms with Crippen molar-refractivity contribution < 1.29 is 29.3 Å². The van der Waals surface area contributed by atoms with Gasteiger partial charge in [-0.05, 0) is 0 Å². The van der Waals surface area contributed by atoms with Crippen LogP contribution < -0.4 is 11.1 Å². The van der Waals surface area contributed by atoms with E-state index in [1.165, 1.54) is 0 Å². The minimum Gasteiger partial charge on any atom is -0.362 e. The summed E-state index contributed by atoms with van der Waals surface area (Å²) in [6, 6.07) is 0. The Kier molecular flexibility index (Phi) is 6.61. The number of nitrogens with two attached hydrogens (primary N) is 1. The predicted octanol–water partition coefficient (Wildman–Crippen LogP) is -1.26. The molecule has 0 aromatic carbocycles. The number of hydrogen-bond donors (Lipinski definition) is 3. The van der Waals surface area contributed by atoms with Crippen molar-refractivity contribution in [3.05, 3.63) is 12.7 Å². The molecule has 8 nitrogen and oxygen atoms in total. The number of rotatable bonds is 6. The number of carbonyl (C=O) groups is 3. The Labute approximate surface area is 104 Å². The molecule has 0 saturated heterocycles. The maximum absolute atomic E-state index is 11.5. The van der Waals surface area contributed by atoms with E-state index in [1.54, 1.807) is 6.92 Å². The lowest BCUT2D eigenvalue weighted by Crippen LogP contribution is -2.56. The largest absolute Gasteiger partial charge is 0.407 e. The normalized spacial score (nSPS) is 13.1. The fourth-order valence-corrected chi connectivity index (χ4v) is 1.04. The fourth-order valence-electron chi connectivity index (χ4n) is 1.04. The molecular weight excluding hydrogens is 244 g/mol. The SMILES string of the molecule is C=CC(=O)OOC(=O)C(O)(CCC)NC(=O)CN. The lowest BCUT2D eigenvalue weighted by atomic mass is 10.1. The van der Waals surface area contributed by atoms with Crippen LogP contribution in [-0.2, 0) is 24.2 Å². The van der Waals surface area contributed by atoms with Crippen LogP contribution in [0.25, 0.3) is 0 Å². The summed E-state index contributed by atoms with van der Waals surface area (Å²) in [4.78, 5) is 41.3. The molecule has 0 aliphatic carbocycles. The number of aliphatic hydroxyl groups is 1. The summed E-state index contributed by atoms with van der Waals surface area (Å²) in [6.45, 7) is 4.34. The van der Waals surface area contributed by atoms with Crippen molar-refractivity contribution in [2.45, 2.75) is 25.5 Å². The highest BCUT2D eigenvalue weighted by molar-refractivity contribution is 5.88. The number of amides is 1. The van der Waals surface area contributed by atoms with Crippen LogP contribution in [0.2, 0.25) is 0 Å². The Morgan fingerprint density at radius 2 is 2.06 bits per heavy atom. The molecule has 0 aliphatic heterocycles. The summed E-state index contributed by atoms with van der Waals surface area (Å²) in [6.07, 6.45) is 1.01. The summed E-state index contributed by atoms with van der Waals surface area (Å²) in [5.74, 6) is -3.08. The first-order valence-electron chi connectivity index (χ1n) is 5.18. The molecule has 1 unspecified atom stereocenters. The second-order valence-corrected chi connectivity index (χ2v) is 3.34. The van der Waals surface area contributed by atoms with Gasteiger partial charge in [0.15, 0.2) is 0 Å². The molecule has 1 atom stereocenters. The molecule has 0 radical (unpaired) electrons. The summed E-state index contributed by atoms with van der Waals surface area (Å²) in [5.41, 5.74) is 2.76. The molecule has 0 spiro atoms. The van der Waals surface area contributed by atoms with Gasteiger partial charge in [-0.1, -0.05) is 19.9 Å². The highest BCUT2D eigenvalue weighted by Crippen LogP contribution is 2.12. The van der Waals surface area contributed by atoms with E-state index in [9.17, 15) is 19.5 Å². The monoisotopic (exact) mass is 260 g/mol. The molecule has 4 N–H and O–H groups in total. The standard InChI is InChI=1S/C10H16N2O6/c1-3-5-10(16,12-7(13)6-11)9(15)18-17-8(14)4-2/h4,16H,2-3,5-6,11H2,1H3,(H,12,13). The fraction of sp³-hybridized carbons (Fsp3) is 0.500. The molecule has 1 amide bonds. The molecule has 0 aromatic heterocycles. The molecule has 0 bridgehead atoms. The van der Waals surface area contributed by atoms with Crippen LogP contribution in [0.3, 0.4) is 0 Å². The molecule has 102 valence electrons. The van der Waals surface area contributed by atoms with E-state index < -0.39 is 30.1 Å². The van der Waals surface area contributed by atoms with E-state index in [1.807, 2.05) is 5.32 Å². The zero-order valence-corrected chi connectivity index (χ0v) is 9.97. The Bertz CT molecular complexity index is 343. The Morgan fingerprint density at radius 3 is 2.50 bits per heavy atom. The van der Waals surface area contributed by atoms with Crippen molar-refractivity contribution in [3.8, 4) is 0 Å². The van der Waals surface area contributed by atoms with Crippen LogP contribution in [0.15, 0.2) is 12.7 Å². The summed E-state index contributed by atoms with van der Waals surface area (Å²) in [5, 5.41) is 11.9. The zero-order valence-electron chi connectivity index (χ0n) is 9.97. The maximum atomic E-state index is 11.5. The van der Waals surface area contributed by atoms with E-state index >= 15 is 0 Å². The third kappa shape index (κ3) is 4.93. The van der Waals surface area contributed by atoms with Crippen LogP contribution in [0.5, 0.6) is 0 Å². The highest BCUT2D eigenvalue weighted by atomic mass is 17.2. The average Bonchev–Trinajstić information content (AvgIpc) is 2.35. The van der Waals surface area contributed by atoms with E-state index in [0.717, 1.165) is 6.08 Å². The van der Waals surface area contributed by atoms with Gasteiger partial charge in [0.25, 0.3) is 0 Å². The van der Waals surface area contributed by atoms with Crippen LogP contribution in [-0.4, -0.2) is 35.2 Å². The first kappa shape index (κ1) is 16.1. The van der Waals surface area contributed by atoms with Gasteiger partial charge in [0, 0.05) is 12.5 Å². The maximum Gasteiger partial charge on any atom is 0.407 e. The molecule has 0 fully saturated rings. The van der Waals surface area contributed by atoms with E-state index in [4.69, 9.17) is 5.73 Å². The first-order valence-corrected chi connectivity index (χ1v) is 5.18. The third-order valence-corrected chi connectivity index (χ3v) is 1.85. The van der Waals surface area contributed by atoms with E-state index in [0.29, 0.717) is 6.42 Å².